The number of esters is 1. The number of halogens is 3. The number of carbonyl (C=O) groups excluding carboxylic acids is 3. The van der Waals surface area contributed by atoms with Crippen LogP contribution in [0.3, 0.4) is 0 Å². The zero-order chi connectivity index (χ0) is 23.0. The smallest absolute Gasteiger partial charge is 0.331 e. The molecule has 0 unspecified atom stereocenters. The monoisotopic (exact) mass is 484 g/mol. The number of ether oxygens (including phenoxy) is 1. The van der Waals surface area contributed by atoms with Crippen LogP contribution in [0.15, 0.2) is 36.9 Å². The lowest BCUT2D eigenvalue weighted by Crippen LogP contribution is -2.41. The van der Waals surface area contributed by atoms with Crippen molar-refractivity contribution in [2.24, 2.45) is 0 Å². The molecule has 2 aromatic rings. The van der Waals surface area contributed by atoms with Crippen LogP contribution in [0.4, 0.5) is 4.79 Å². The maximum absolute atomic E-state index is 11.9. The van der Waals surface area contributed by atoms with E-state index in [1.165, 1.54) is 16.8 Å². The van der Waals surface area contributed by atoms with Gasteiger partial charge in [-0.05, 0) is 30.7 Å². The van der Waals surface area contributed by atoms with Crippen molar-refractivity contribution < 1.29 is 19.1 Å². The van der Waals surface area contributed by atoms with Crippen LogP contribution in [0.25, 0.3) is 6.08 Å². The second-order valence-corrected chi connectivity index (χ2v) is 7.37. The molecule has 3 amide bonds. The molecule has 1 aromatic heterocycles. The average Bonchev–Trinajstić information content (AvgIpc) is 2.98. The Kier molecular flexibility index (Phi) is 9.11. The molecule has 1 heterocycles. The Morgan fingerprint density at radius 1 is 1.26 bits per heavy atom. The highest BCUT2D eigenvalue weighted by Crippen LogP contribution is 2.26. The first kappa shape index (κ1) is 24.5. The number of rotatable bonds is 8. The first-order chi connectivity index (χ1) is 14.7. The molecule has 0 saturated carbocycles. The lowest BCUT2D eigenvalue weighted by molar-refractivity contribution is -0.143. The molecule has 2 N–H and O–H groups in total. The summed E-state index contributed by atoms with van der Waals surface area (Å²) in [6, 6.07) is 4.39. The van der Waals surface area contributed by atoms with Crippen molar-refractivity contribution >= 4 is 58.8 Å². The predicted octanol–water partition coefficient (Wildman–Crippen LogP) is 3.77. The second kappa shape index (κ2) is 11.5. The van der Waals surface area contributed by atoms with Crippen molar-refractivity contribution in [3.63, 3.8) is 0 Å². The van der Waals surface area contributed by atoms with Crippen LogP contribution in [0, 0.1) is 6.92 Å². The van der Waals surface area contributed by atoms with E-state index in [0.717, 1.165) is 11.6 Å². The van der Waals surface area contributed by atoms with Crippen molar-refractivity contribution in [1.29, 1.82) is 0 Å². The Balaban J connectivity index is 1.96. The van der Waals surface area contributed by atoms with Crippen LogP contribution in [-0.2, 0) is 20.9 Å². The number of aryl methyl sites for hydroxylation is 1. The molecule has 8 nitrogen and oxygen atoms in total. The van der Waals surface area contributed by atoms with E-state index < -0.39 is 24.5 Å². The summed E-state index contributed by atoms with van der Waals surface area (Å²) in [4.78, 5) is 34.8. The average molecular weight is 486 g/mol. The number of aromatic nitrogens is 2. The largest absolute Gasteiger partial charge is 0.452 e. The van der Waals surface area contributed by atoms with Gasteiger partial charge in [-0.3, -0.25) is 10.1 Å². The molecule has 0 aliphatic carbocycles. The molecule has 0 aliphatic rings. The van der Waals surface area contributed by atoms with E-state index in [2.05, 4.69) is 17.0 Å². The number of benzene rings is 1. The maximum Gasteiger partial charge on any atom is 0.331 e. The molecule has 2 rings (SSSR count). The normalized spacial score (nSPS) is 10.7. The molecule has 0 saturated heterocycles. The van der Waals surface area contributed by atoms with Crippen LogP contribution >= 0.6 is 34.8 Å². The number of imide groups is 1. The fourth-order valence-electron chi connectivity index (χ4n) is 2.38. The highest BCUT2D eigenvalue weighted by atomic mass is 35.5. The summed E-state index contributed by atoms with van der Waals surface area (Å²) < 4.78 is 6.34. The number of hydrogen-bond acceptors (Lipinski definition) is 5. The lowest BCUT2D eigenvalue weighted by Gasteiger charge is -2.06. The molecule has 0 spiro atoms. The zero-order valence-corrected chi connectivity index (χ0v) is 18.7. The van der Waals surface area contributed by atoms with Gasteiger partial charge in [-0.25, -0.2) is 14.3 Å². The van der Waals surface area contributed by atoms with Crippen molar-refractivity contribution in [1.82, 2.24) is 20.4 Å². The van der Waals surface area contributed by atoms with E-state index in [9.17, 15) is 14.4 Å². The van der Waals surface area contributed by atoms with E-state index in [4.69, 9.17) is 39.5 Å². The van der Waals surface area contributed by atoms with Gasteiger partial charge in [0.25, 0.3) is 5.91 Å². The van der Waals surface area contributed by atoms with Crippen LogP contribution in [0.2, 0.25) is 15.2 Å². The number of amides is 3. The topological polar surface area (TPSA) is 102 Å². The number of nitrogens with one attached hydrogen (secondary N) is 2. The van der Waals surface area contributed by atoms with Crippen molar-refractivity contribution in [3.8, 4) is 0 Å². The van der Waals surface area contributed by atoms with Crippen molar-refractivity contribution in [2.45, 2.75) is 13.5 Å². The van der Waals surface area contributed by atoms with Crippen LogP contribution in [0.1, 0.15) is 16.8 Å². The van der Waals surface area contributed by atoms with E-state index in [-0.39, 0.29) is 6.54 Å². The zero-order valence-electron chi connectivity index (χ0n) is 16.5. The predicted molar refractivity (Wildman–Crippen MR) is 119 cm³/mol. The number of urea groups is 1. The summed E-state index contributed by atoms with van der Waals surface area (Å²) in [5.74, 6) is -1.56. The van der Waals surface area contributed by atoms with Crippen molar-refractivity contribution in [3.05, 3.63) is 68.9 Å². The van der Waals surface area contributed by atoms with Gasteiger partial charge in [0.15, 0.2) is 6.61 Å². The molecule has 0 aliphatic heterocycles. The van der Waals surface area contributed by atoms with E-state index in [0.29, 0.717) is 33.0 Å². The Bertz CT molecular complexity index is 1030. The Morgan fingerprint density at radius 2 is 2.00 bits per heavy atom. The summed E-state index contributed by atoms with van der Waals surface area (Å²) in [7, 11) is 0. The fourth-order valence-corrected chi connectivity index (χ4v) is 3.15. The minimum Gasteiger partial charge on any atom is -0.452 e. The summed E-state index contributed by atoms with van der Waals surface area (Å²) in [5, 5.41) is 10.0. The van der Waals surface area contributed by atoms with Gasteiger partial charge in [0.1, 0.15) is 5.15 Å². The molecular weight excluding hydrogens is 467 g/mol. The Morgan fingerprint density at radius 3 is 2.68 bits per heavy atom. The van der Waals surface area contributed by atoms with Gasteiger partial charge in [0.2, 0.25) is 0 Å². The Hall–Kier alpha value is -2.81. The van der Waals surface area contributed by atoms with E-state index in [1.54, 1.807) is 25.1 Å². The third-order valence-electron chi connectivity index (χ3n) is 3.84. The third-order valence-corrected chi connectivity index (χ3v) is 4.82. The van der Waals surface area contributed by atoms with Gasteiger partial charge < -0.3 is 10.1 Å². The molecule has 1 aromatic carbocycles. The van der Waals surface area contributed by atoms with E-state index >= 15 is 0 Å². The van der Waals surface area contributed by atoms with Gasteiger partial charge in [-0.15, -0.1) is 6.58 Å². The molecule has 0 fully saturated rings. The number of hydrogen-bond donors (Lipinski definition) is 2. The highest BCUT2D eigenvalue weighted by Gasteiger charge is 2.14. The van der Waals surface area contributed by atoms with Crippen LogP contribution in [0.5, 0.6) is 0 Å². The molecule has 31 heavy (non-hydrogen) atoms. The first-order valence-corrected chi connectivity index (χ1v) is 10.0. The number of carbonyl (C=O) groups is 3. The quantitative estimate of drug-likeness (QED) is 0.337. The first-order valence-electron chi connectivity index (χ1n) is 8.91. The van der Waals surface area contributed by atoms with Gasteiger partial charge in [0, 0.05) is 28.2 Å². The van der Waals surface area contributed by atoms with Crippen LogP contribution in [-0.4, -0.2) is 40.8 Å². The molecule has 0 radical (unpaired) electrons. The summed E-state index contributed by atoms with van der Waals surface area (Å²) >= 11 is 18.5. The molecule has 164 valence electrons. The SMILES string of the molecule is C=CCNC(=O)NC(=O)COC(=O)/C=C/c1c(C)nn(Cc2ccc(Cl)cc2Cl)c1Cl. The van der Waals surface area contributed by atoms with Crippen LogP contribution < -0.4 is 10.6 Å². The summed E-state index contributed by atoms with van der Waals surface area (Å²) in [5.41, 5.74) is 1.86. The van der Waals surface area contributed by atoms with E-state index in [1.807, 2.05) is 5.32 Å². The van der Waals surface area contributed by atoms with Gasteiger partial charge in [0.05, 0.1) is 12.2 Å². The van der Waals surface area contributed by atoms with Crippen molar-refractivity contribution in [2.75, 3.05) is 13.2 Å². The van der Waals surface area contributed by atoms with Gasteiger partial charge in [-0.2, -0.15) is 5.10 Å². The minimum absolute atomic E-state index is 0.194. The fraction of sp³-hybridized carbons (Fsp3) is 0.200. The van der Waals surface area contributed by atoms with Gasteiger partial charge in [-0.1, -0.05) is 46.9 Å². The Labute approximate surface area is 193 Å². The molecule has 0 atom stereocenters. The summed E-state index contributed by atoms with van der Waals surface area (Å²) in [6.45, 7) is 5.04. The third kappa shape index (κ3) is 7.43. The standard InChI is InChI=1S/C20H19Cl3N4O4/c1-3-8-24-20(30)25-17(28)11-31-18(29)7-6-15-12(2)26-27(19(15)23)10-13-4-5-14(21)9-16(13)22/h3-7,9H,1,8,10-11H2,2H3,(H2,24,25,28,30)/b7-6+. The molecular formula is C20H19Cl3N4O4. The summed E-state index contributed by atoms with van der Waals surface area (Å²) in [6.07, 6.45) is 4.00. The molecule has 11 heteroatoms. The lowest BCUT2D eigenvalue weighted by atomic mass is 10.2. The van der Waals surface area contributed by atoms with Gasteiger partial charge >= 0.3 is 12.0 Å². The number of nitrogens with zero attached hydrogens (tertiary/aromatic N) is 2. The highest BCUT2D eigenvalue weighted by molar-refractivity contribution is 6.35. The minimum atomic E-state index is -0.786. The molecule has 0 bridgehead atoms. The second-order valence-electron chi connectivity index (χ2n) is 6.17. The maximum atomic E-state index is 11.9.